The topological polar surface area (TPSA) is 3.24 Å². The monoisotopic (exact) mass is 705 g/mol. The Hall–Kier alpha value is -6.74. The number of anilines is 3. The predicted octanol–water partition coefficient (Wildman–Crippen LogP) is 15.3. The van der Waals surface area contributed by atoms with Crippen molar-refractivity contribution in [3.8, 4) is 44.5 Å². The Morgan fingerprint density at radius 1 is 0.315 bits per heavy atom. The molecule has 254 valence electrons. The quantitative estimate of drug-likeness (QED) is 0.160. The average molecular weight is 706 g/mol. The van der Waals surface area contributed by atoms with Gasteiger partial charge in [-0.2, -0.15) is 0 Å². The Bertz CT molecular complexity index is 2920. The number of rotatable bonds is 7. The fourth-order valence-electron chi connectivity index (χ4n) is 7.90. The predicted molar refractivity (Wildman–Crippen MR) is 233 cm³/mol. The molecule has 1 heterocycles. The summed E-state index contributed by atoms with van der Waals surface area (Å²) in [5, 5.41) is 5.10. The van der Waals surface area contributed by atoms with Crippen LogP contribution < -0.4 is 4.90 Å². The molecule has 0 aliphatic heterocycles. The molecular formula is C52H35NS. The van der Waals surface area contributed by atoms with Gasteiger partial charge in [-0.25, -0.2) is 0 Å². The minimum Gasteiger partial charge on any atom is -0.310 e. The number of para-hydroxylation sites is 1. The van der Waals surface area contributed by atoms with E-state index in [0.29, 0.717) is 0 Å². The van der Waals surface area contributed by atoms with Gasteiger partial charge in [-0.1, -0.05) is 170 Å². The van der Waals surface area contributed by atoms with Crippen molar-refractivity contribution in [3.05, 3.63) is 212 Å². The molecule has 0 amide bonds. The van der Waals surface area contributed by atoms with Gasteiger partial charge in [0.15, 0.2) is 0 Å². The lowest BCUT2D eigenvalue weighted by Crippen LogP contribution is -2.11. The molecule has 0 atom stereocenters. The van der Waals surface area contributed by atoms with E-state index in [0.717, 1.165) is 17.1 Å². The number of benzene rings is 9. The summed E-state index contributed by atoms with van der Waals surface area (Å²) in [5.74, 6) is 0. The first kappa shape index (κ1) is 32.0. The lowest BCUT2D eigenvalue weighted by Gasteiger charge is -2.29. The highest BCUT2D eigenvalue weighted by molar-refractivity contribution is 7.25. The third-order valence-electron chi connectivity index (χ3n) is 10.5. The molecule has 0 N–H and O–H groups in total. The zero-order valence-corrected chi connectivity index (χ0v) is 30.4. The van der Waals surface area contributed by atoms with E-state index >= 15 is 0 Å². The number of hydrogen-bond acceptors (Lipinski definition) is 2. The Balaban J connectivity index is 1.12. The highest BCUT2D eigenvalue weighted by atomic mass is 32.1. The van der Waals surface area contributed by atoms with Gasteiger partial charge < -0.3 is 4.90 Å². The van der Waals surface area contributed by atoms with Gasteiger partial charge in [0, 0.05) is 37.1 Å². The smallest absolute Gasteiger partial charge is 0.0540 e. The van der Waals surface area contributed by atoms with Crippen LogP contribution in [0.15, 0.2) is 212 Å². The maximum Gasteiger partial charge on any atom is 0.0540 e. The fourth-order valence-corrected chi connectivity index (χ4v) is 9.03. The van der Waals surface area contributed by atoms with Crippen molar-refractivity contribution in [2.75, 3.05) is 4.90 Å². The molecule has 0 saturated heterocycles. The molecule has 1 nitrogen and oxygen atoms in total. The second-order valence-electron chi connectivity index (χ2n) is 13.7. The van der Waals surface area contributed by atoms with E-state index in [2.05, 4.69) is 217 Å². The molecule has 0 unspecified atom stereocenters. The lowest BCUT2D eigenvalue weighted by molar-refractivity contribution is 1.28. The SMILES string of the molecule is c1ccc(-c2ccc(-c3ccc(N(c4cccc(-c5cccc6sc7ccccc7c56)c4)c4ccccc4-c4cccc5ccccc45)cc3)cc2)cc1. The molecule has 2 heteroatoms. The van der Waals surface area contributed by atoms with Gasteiger partial charge >= 0.3 is 0 Å². The first-order valence-corrected chi connectivity index (χ1v) is 19.2. The van der Waals surface area contributed by atoms with E-state index in [1.165, 1.54) is 75.5 Å². The van der Waals surface area contributed by atoms with Crippen LogP contribution in [0.4, 0.5) is 17.1 Å². The molecule has 1 aromatic heterocycles. The van der Waals surface area contributed by atoms with E-state index < -0.39 is 0 Å². The minimum atomic E-state index is 1.10. The average Bonchev–Trinajstić information content (AvgIpc) is 3.64. The van der Waals surface area contributed by atoms with E-state index in [9.17, 15) is 0 Å². The number of fused-ring (bicyclic) bond motifs is 4. The number of thiophene rings is 1. The van der Waals surface area contributed by atoms with Crippen LogP contribution in [0.5, 0.6) is 0 Å². The van der Waals surface area contributed by atoms with Crippen molar-refractivity contribution in [2.45, 2.75) is 0 Å². The summed E-state index contributed by atoms with van der Waals surface area (Å²) in [6, 6.07) is 77.1. The Morgan fingerprint density at radius 3 is 1.67 bits per heavy atom. The number of hydrogen-bond donors (Lipinski definition) is 0. The van der Waals surface area contributed by atoms with Crippen molar-refractivity contribution in [3.63, 3.8) is 0 Å². The van der Waals surface area contributed by atoms with Gasteiger partial charge in [0.25, 0.3) is 0 Å². The van der Waals surface area contributed by atoms with Crippen LogP contribution in [0.2, 0.25) is 0 Å². The molecule has 0 fully saturated rings. The molecule has 0 radical (unpaired) electrons. The maximum absolute atomic E-state index is 2.43. The van der Waals surface area contributed by atoms with E-state index in [1.54, 1.807) is 0 Å². The van der Waals surface area contributed by atoms with E-state index in [-0.39, 0.29) is 0 Å². The molecule has 10 aromatic rings. The molecule has 0 spiro atoms. The molecule has 0 aliphatic rings. The molecule has 0 bridgehead atoms. The largest absolute Gasteiger partial charge is 0.310 e. The van der Waals surface area contributed by atoms with Gasteiger partial charge in [0.1, 0.15) is 0 Å². The molecular weight excluding hydrogens is 671 g/mol. The summed E-state index contributed by atoms with van der Waals surface area (Å²) in [7, 11) is 0. The Kier molecular flexibility index (Phi) is 8.09. The van der Waals surface area contributed by atoms with Crippen molar-refractivity contribution in [2.24, 2.45) is 0 Å². The lowest BCUT2D eigenvalue weighted by atomic mass is 9.95. The van der Waals surface area contributed by atoms with Crippen LogP contribution in [-0.2, 0) is 0 Å². The molecule has 54 heavy (non-hydrogen) atoms. The first-order valence-electron chi connectivity index (χ1n) is 18.4. The summed E-state index contributed by atoms with van der Waals surface area (Å²) < 4.78 is 2.63. The Labute approximate surface area is 319 Å². The van der Waals surface area contributed by atoms with Gasteiger partial charge in [-0.15, -0.1) is 11.3 Å². The van der Waals surface area contributed by atoms with E-state index in [1.807, 2.05) is 11.3 Å². The number of nitrogens with zero attached hydrogens (tertiary/aromatic N) is 1. The highest BCUT2D eigenvalue weighted by Gasteiger charge is 2.20. The highest BCUT2D eigenvalue weighted by Crippen LogP contribution is 2.45. The van der Waals surface area contributed by atoms with Crippen molar-refractivity contribution in [1.29, 1.82) is 0 Å². The van der Waals surface area contributed by atoms with Crippen molar-refractivity contribution in [1.82, 2.24) is 0 Å². The molecule has 9 aromatic carbocycles. The summed E-state index contributed by atoms with van der Waals surface area (Å²) in [4.78, 5) is 2.43. The summed E-state index contributed by atoms with van der Waals surface area (Å²) in [6.07, 6.45) is 0. The van der Waals surface area contributed by atoms with E-state index in [4.69, 9.17) is 0 Å². The zero-order chi connectivity index (χ0) is 35.8. The van der Waals surface area contributed by atoms with Gasteiger partial charge in [-0.3, -0.25) is 0 Å². The summed E-state index contributed by atoms with van der Waals surface area (Å²) in [5.41, 5.74) is 13.0. The maximum atomic E-state index is 2.43. The van der Waals surface area contributed by atoms with Crippen LogP contribution in [0, 0.1) is 0 Å². The normalized spacial score (nSPS) is 11.3. The molecule has 0 saturated carbocycles. The van der Waals surface area contributed by atoms with Crippen molar-refractivity contribution < 1.29 is 0 Å². The third-order valence-corrected chi connectivity index (χ3v) is 11.6. The molecule has 10 rings (SSSR count). The van der Waals surface area contributed by atoms with Crippen LogP contribution in [-0.4, -0.2) is 0 Å². The van der Waals surface area contributed by atoms with Gasteiger partial charge in [0.2, 0.25) is 0 Å². The standard InChI is InChI=1S/C52H35NS/c1-2-13-36(14-3-1)37-27-29-38(30-28-37)39-31-33-42(34-32-39)53(49-24-8-6-20-47(49)46-23-11-16-40-15-4-5-19-44(40)46)43-18-10-17-41(35-43)45-22-12-26-51-52(45)48-21-7-9-25-50(48)54-51/h1-35H. The fraction of sp³-hybridized carbons (Fsp3) is 0. The van der Waals surface area contributed by atoms with Crippen molar-refractivity contribution >= 4 is 59.3 Å². The van der Waals surface area contributed by atoms with Crippen LogP contribution >= 0.6 is 11.3 Å². The Morgan fingerprint density at radius 2 is 0.852 bits per heavy atom. The second kappa shape index (κ2) is 13.7. The van der Waals surface area contributed by atoms with Gasteiger partial charge in [-0.05, 0) is 92.2 Å². The summed E-state index contributed by atoms with van der Waals surface area (Å²) in [6.45, 7) is 0. The summed E-state index contributed by atoms with van der Waals surface area (Å²) >= 11 is 1.86. The first-order chi connectivity index (χ1) is 26.8. The zero-order valence-electron chi connectivity index (χ0n) is 29.6. The van der Waals surface area contributed by atoms with Gasteiger partial charge in [0.05, 0.1) is 5.69 Å². The minimum absolute atomic E-state index is 1.10. The van der Waals surface area contributed by atoms with Crippen LogP contribution in [0.1, 0.15) is 0 Å². The van der Waals surface area contributed by atoms with Crippen LogP contribution in [0.3, 0.4) is 0 Å². The van der Waals surface area contributed by atoms with Crippen LogP contribution in [0.25, 0.3) is 75.5 Å². The molecule has 0 aliphatic carbocycles. The third kappa shape index (κ3) is 5.74. The second-order valence-corrected chi connectivity index (χ2v) is 14.8.